The van der Waals surface area contributed by atoms with Crippen molar-refractivity contribution < 1.29 is 18.8 Å². The van der Waals surface area contributed by atoms with E-state index in [2.05, 4.69) is 5.32 Å². The number of anilines is 1. The summed E-state index contributed by atoms with van der Waals surface area (Å²) < 4.78 is 5.44. The maximum absolute atomic E-state index is 12.8. The molecule has 4 rings (SSSR count). The van der Waals surface area contributed by atoms with Crippen LogP contribution in [0, 0.1) is 13.8 Å². The first-order valence-corrected chi connectivity index (χ1v) is 11.2. The van der Waals surface area contributed by atoms with Crippen LogP contribution in [-0.2, 0) is 9.59 Å². The van der Waals surface area contributed by atoms with Crippen LogP contribution in [0.15, 0.2) is 50.7 Å². The zero-order chi connectivity index (χ0) is 23.9. The highest BCUT2D eigenvalue weighted by Gasteiger charge is 2.36. The number of fused-ring (bicyclic) bond motifs is 1. The largest absolute Gasteiger partial charge is 0.462 e. The van der Waals surface area contributed by atoms with Gasteiger partial charge in [0.2, 0.25) is 5.91 Å². The third-order valence-electron chi connectivity index (χ3n) is 5.03. The Hall–Kier alpha value is -3.07. The Kier molecular flexibility index (Phi) is 6.34. The van der Waals surface area contributed by atoms with Crippen LogP contribution in [0.2, 0.25) is 10.0 Å². The molecule has 1 saturated heterocycles. The number of hydrogen-bond acceptors (Lipinski definition) is 6. The molecule has 0 bridgehead atoms. The van der Waals surface area contributed by atoms with Gasteiger partial charge in [-0.15, -0.1) is 0 Å². The topological polar surface area (TPSA) is 96.7 Å². The summed E-state index contributed by atoms with van der Waals surface area (Å²) in [5, 5.41) is 2.72. The normalized spacial score (nSPS) is 15.0. The van der Waals surface area contributed by atoms with Gasteiger partial charge in [0.25, 0.3) is 11.1 Å². The van der Waals surface area contributed by atoms with Crippen molar-refractivity contribution in [3.05, 3.63) is 78.5 Å². The molecule has 1 aromatic heterocycles. The summed E-state index contributed by atoms with van der Waals surface area (Å²) in [6.45, 7) is 3.25. The number of nitrogens with one attached hydrogen (secondary N) is 1. The van der Waals surface area contributed by atoms with Crippen LogP contribution in [0.1, 0.15) is 16.7 Å². The maximum atomic E-state index is 12.8. The minimum Gasteiger partial charge on any atom is -0.462 e. The number of benzene rings is 2. The number of thioether (sulfide) groups is 1. The highest BCUT2D eigenvalue weighted by Crippen LogP contribution is 2.33. The molecule has 33 heavy (non-hydrogen) atoms. The molecule has 1 fully saturated rings. The highest BCUT2D eigenvalue weighted by atomic mass is 35.5. The van der Waals surface area contributed by atoms with Gasteiger partial charge in [-0.1, -0.05) is 41.4 Å². The van der Waals surface area contributed by atoms with Crippen molar-refractivity contribution in [1.82, 2.24) is 4.90 Å². The van der Waals surface area contributed by atoms with Gasteiger partial charge in [-0.2, -0.15) is 0 Å². The Morgan fingerprint density at radius 2 is 1.85 bits per heavy atom. The Balaban J connectivity index is 1.58. The number of aryl methyl sites for hydroxylation is 2. The second kappa shape index (κ2) is 9.05. The summed E-state index contributed by atoms with van der Waals surface area (Å²) in [4.78, 5) is 51.4. The molecule has 0 spiro atoms. The molecule has 2 heterocycles. The Morgan fingerprint density at radius 1 is 1.15 bits per heavy atom. The first-order chi connectivity index (χ1) is 15.7. The molecule has 0 aliphatic carbocycles. The summed E-state index contributed by atoms with van der Waals surface area (Å²) in [5.41, 5.74) is 2.11. The third kappa shape index (κ3) is 4.55. The summed E-state index contributed by atoms with van der Waals surface area (Å²) in [7, 11) is 0. The number of imide groups is 1. The van der Waals surface area contributed by atoms with Gasteiger partial charge in [0, 0.05) is 10.7 Å². The lowest BCUT2D eigenvalue weighted by Crippen LogP contribution is -2.36. The molecule has 3 amide bonds. The van der Waals surface area contributed by atoms with Crippen LogP contribution in [0.25, 0.3) is 17.0 Å². The number of para-hydroxylation sites is 1. The van der Waals surface area contributed by atoms with Crippen molar-refractivity contribution in [1.29, 1.82) is 0 Å². The van der Waals surface area contributed by atoms with Crippen molar-refractivity contribution in [2.75, 3.05) is 11.9 Å². The maximum Gasteiger partial charge on any atom is 0.294 e. The number of nitrogens with zero attached hydrogens (tertiary/aromatic N) is 1. The Morgan fingerprint density at radius 3 is 2.55 bits per heavy atom. The predicted octanol–water partition coefficient (Wildman–Crippen LogP) is 5.39. The molecular formula is C23H16Cl2N2O5S. The molecule has 2 aromatic carbocycles. The van der Waals surface area contributed by atoms with E-state index in [0.29, 0.717) is 17.4 Å². The van der Waals surface area contributed by atoms with Crippen molar-refractivity contribution in [3.8, 4) is 0 Å². The van der Waals surface area contributed by atoms with Gasteiger partial charge in [-0.05, 0) is 54.9 Å². The van der Waals surface area contributed by atoms with Gasteiger partial charge in [-0.25, -0.2) is 0 Å². The number of hydrogen-bond donors (Lipinski definition) is 1. The van der Waals surface area contributed by atoms with Gasteiger partial charge in [-0.3, -0.25) is 24.1 Å². The zero-order valence-corrected chi connectivity index (χ0v) is 19.7. The Bertz CT molecular complexity index is 1410. The molecular weight excluding hydrogens is 487 g/mol. The number of halogens is 2. The van der Waals surface area contributed by atoms with Crippen LogP contribution in [0.5, 0.6) is 0 Å². The molecule has 0 saturated carbocycles. The number of rotatable bonds is 4. The molecule has 3 aromatic rings. The number of carbonyl (C=O) groups excluding carboxylic acids is 3. The Labute approximate surface area is 202 Å². The standard InChI is InChI=1S/C23H16Cl2N2O5S/c1-11-4-3-5-12(2)19(11)26-18(28)9-27-22(30)17(33-23(27)31)6-13-10-32-21-15(20(13)29)7-14(24)8-16(21)25/h3-8,10H,9H2,1-2H3,(H,26,28)/b17-6-. The van der Waals surface area contributed by atoms with E-state index < -0.39 is 29.0 Å². The van der Waals surface area contributed by atoms with Crippen LogP contribution in [-0.4, -0.2) is 28.5 Å². The number of carbonyl (C=O) groups is 3. The van der Waals surface area contributed by atoms with Gasteiger partial charge >= 0.3 is 0 Å². The fourth-order valence-electron chi connectivity index (χ4n) is 3.39. The van der Waals surface area contributed by atoms with E-state index in [4.69, 9.17) is 27.6 Å². The highest BCUT2D eigenvalue weighted by molar-refractivity contribution is 8.18. The third-order valence-corrected chi connectivity index (χ3v) is 6.43. The van der Waals surface area contributed by atoms with Crippen molar-refractivity contribution in [2.24, 2.45) is 0 Å². The zero-order valence-electron chi connectivity index (χ0n) is 17.4. The predicted molar refractivity (Wildman–Crippen MR) is 130 cm³/mol. The fraction of sp³-hybridized carbons (Fsp3) is 0.130. The molecule has 168 valence electrons. The van der Waals surface area contributed by atoms with Crippen molar-refractivity contribution >= 4 is 74.7 Å². The summed E-state index contributed by atoms with van der Waals surface area (Å²) >= 11 is 12.7. The van der Waals surface area contributed by atoms with E-state index >= 15 is 0 Å². The summed E-state index contributed by atoms with van der Waals surface area (Å²) in [5.74, 6) is -1.18. The minimum atomic E-state index is -0.676. The van der Waals surface area contributed by atoms with E-state index in [1.807, 2.05) is 32.0 Å². The quantitative estimate of drug-likeness (QED) is 0.480. The van der Waals surface area contributed by atoms with Gasteiger partial charge in [0.05, 0.1) is 20.9 Å². The van der Waals surface area contributed by atoms with Gasteiger partial charge in [0.15, 0.2) is 11.0 Å². The van der Waals surface area contributed by atoms with Crippen molar-refractivity contribution in [3.63, 3.8) is 0 Å². The first-order valence-electron chi connectivity index (χ1n) is 9.67. The van der Waals surface area contributed by atoms with E-state index in [0.717, 1.165) is 22.3 Å². The first kappa shape index (κ1) is 23.1. The fourth-order valence-corrected chi connectivity index (χ4v) is 4.76. The van der Waals surface area contributed by atoms with E-state index in [1.54, 1.807) is 0 Å². The molecule has 1 aliphatic rings. The van der Waals surface area contributed by atoms with Crippen LogP contribution >= 0.6 is 35.0 Å². The molecule has 1 N–H and O–H groups in total. The lowest BCUT2D eigenvalue weighted by molar-refractivity contribution is -0.127. The summed E-state index contributed by atoms with van der Waals surface area (Å²) in [6, 6.07) is 8.42. The van der Waals surface area contributed by atoms with Gasteiger partial charge in [0.1, 0.15) is 12.8 Å². The molecule has 10 heteroatoms. The molecule has 7 nitrogen and oxygen atoms in total. The lowest BCUT2D eigenvalue weighted by atomic mass is 10.1. The smallest absolute Gasteiger partial charge is 0.294 e. The molecule has 1 aliphatic heterocycles. The average Bonchev–Trinajstić information content (AvgIpc) is 3.00. The van der Waals surface area contributed by atoms with Crippen LogP contribution in [0.4, 0.5) is 10.5 Å². The van der Waals surface area contributed by atoms with Crippen LogP contribution in [0.3, 0.4) is 0 Å². The van der Waals surface area contributed by atoms with Crippen LogP contribution < -0.4 is 10.7 Å². The number of amides is 3. The van der Waals surface area contributed by atoms with E-state index in [-0.39, 0.29) is 31.5 Å². The van der Waals surface area contributed by atoms with E-state index in [1.165, 1.54) is 18.2 Å². The monoisotopic (exact) mass is 502 g/mol. The van der Waals surface area contributed by atoms with E-state index in [9.17, 15) is 19.2 Å². The molecule has 0 atom stereocenters. The average molecular weight is 503 g/mol. The lowest BCUT2D eigenvalue weighted by Gasteiger charge is -2.15. The SMILES string of the molecule is Cc1cccc(C)c1NC(=O)CN1C(=O)S/C(=C\c2coc3c(Cl)cc(Cl)cc3c2=O)C1=O. The second-order valence-corrected chi connectivity index (χ2v) is 9.20. The molecule has 0 radical (unpaired) electrons. The van der Waals surface area contributed by atoms with Crippen molar-refractivity contribution in [2.45, 2.75) is 13.8 Å². The minimum absolute atomic E-state index is 0.000327. The molecule has 0 unspecified atom stereocenters. The van der Waals surface area contributed by atoms with Gasteiger partial charge < -0.3 is 9.73 Å². The summed E-state index contributed by atoms with van der Waals surface area (Å²) in [6.07, 6.45) is 2.42. The second-order valence-electron chi connectivity index (χ2n) is 7.37.